The Labute approximate surface area is 232 Å². The molecule has 2 fully saturated rings. The van der Waals surface area contributed by atoms with Crippen molar-refractivity contribution in [2.24, 2.45) is 0 Å². The molecule has 0 saturated carbocycles. The molecule has 1 spiro atoms. The van der Waals surface area contributed by atoms with E-state index in [0.717, 1.165) is 28.3 Å². The summed E-state index contributed by atoms with van der Waals surface area (Å²) in [5.74, 6) is -0.304. The number of likely N-dealkylation sites (tertiary alicyclic amines) is 1. The second kappa shape index (κ2) is 9.97. The lowest BCUT2D eigenvalue weighted by Crippen LogP contribution is -2.56. The van der Waals surface area contributed by atoms with Gasteiger partial charge in [0.15, 0.2) is 11.5 Å². The van der Waals surface area contributed by atoms with Crippen molar-refractivity contribution in [3.05, 3.63) is 89.3 Å². The van der Waals surface area contributed by atoms with Gasteiger partial charge < -0.3 is 9.80 Å². The Morgan fingerprint density at radius 3 is 2.27 bits per heavy atom. The first-order chi connectivity index (χ1) is 19.2. The van der Waals surface area contributed by atoms with E-state index in [1.165, 1.54) is 12.1 Å². The number of halogens is 1. The molecule has 9 heteroatoms. The summed E-state index contributed by atoms with van der Waals surface area (Å²) < 4.78 is 15.3. The van der Waals surface area contributed by atoms with E-state index in [2.05, 4.69) is 14.9 Å². The monoisotopic (exact) mass is 538 g/mol. The first kappa shape index (κ1) is 25.9. The van der Waals surface area contributed by atoms with Gasteiger partial charge in [0.2, 0.25) is 0 Å². The van der Waals surface area contributed by atoms with Gasteiger partial charge in [0.1, 0.15) is 17.1 Å². The molecule has 2 aliphatic rings. The van der Waals surface area contributed by atoms with Gasteiger partial charge in [-0.15, -0.1) is 0 Å². The molecule has 0 N–H and O–H groups in total. The number of piperidine rings is 1. The van der Waals surface area contributed by atoms with Gasteiger partial charge in [0.05, 0.1) is 22.8 Å². The largest absolute Gasteiger partial charge is 0.358 e. The Hall–Kier alpha value is -4.40. The molecule has 4 aromatic rings. The van der Waals surface area contributed by atoms with Crippen molar-refractivity contribution in [1.82, 2.24) is 24.6 Å². The number of hydrogen-bond donors (Lipinski definition) is 0. The van der Waals surface area contributed by atoms with Gasteiger partial charge in [0.25, 0.3) is 5.91 Å². The van der Waals surface area contributed by atoms with Gasteiger partial charge in [-0.2, -0.15) is 5.10 Å². The van der Waals surface area contributed by atoms with Crippen LogP contribution in [0.1, 0.15) is 46.7 Å². The van der Waals surface area contributed by atoms with Crippen molar-refractivity contribution in [3.63, 3.8) is 0 Å². The zero-order valence-corrected chi connectivity index (χ0v) is 22.9. The number of carbonyl (C=O) groups is 2. The second-order valence-electron chi connectivity index (χ2n) is 10.7. The summed E-state index contributed by atoms with van der Waals surface area (Å²) in [5, 5.41) is 4.74. The molecule has 0 aliphatic carbocycles. The third kappa shape index (κ3) is 4.45. The molecular weight excluding hydrogens is 507 g/mol. The van der Waals surface area contributed by atoms with E-state index in [0.29, 0.717) is 56.0 Å². The van der Waals surface area contributed by atoms with Gasteiger partial charge >= 0.3 is 0 Å². The van der Waals surface area contributed by atoms with Crippen molar-refractivity contribution in [2.75, 3.05) is 24.5 Å². The van der Waals surface area contributed by atoms with Gasteiger partial charge in [-0.25, -0.2) is 9.07 Å². The summed E-state index contributed by atoms with van der Waals surface area (Å²) in [7, 11) is 0. The highest BCUT2D eigenvalue weighted by Crippen LogP contribution is 2.39. The Bertz CT molecular complexity index is 1590. The maximum Gasteiger partial charge on any atom is 0.274 e. The van der Waals surface area contributed by atoms with Gasteiger partial charge in [-0.1, -0.05) is 17.7 Å². The molecule has 8 nitrogen and oxygen atoms in total. The lowest BCUT2D eigenvalue weighted by Gasteiger charge is -2.44. The maximum absolute atomic E-state index is 13.8. The van der Waals surface area contributed by atoms with E-state index >= 15 is 0 Å². The summed E-state index contributed by atoms with van der Waals surface area (Å²) in [5.41, 5.74) is 5.37. The molecule has 2 saturated heterocycles. The van der Waals surface area contributed by atoms with E-state index in [-0.39, 0.29) is 17.5 Å². The summed E-state index contributed by atoms with van der Waals surface area (Å²) >= 11 is 0. The Morgan fingerprint density at radius 2 is 1.60 bits per heavy atom. The number of aryl methyl sites for hydroxylation is 3. The number of hydrogen-bond acceptors (Lipinski definition) is 6. The summed E-state index contributed by atoms with van der Waals surface area (Å²) in [6.45, 7) is 7.27. The van der Waals surface area contributed by atoms with Crippen LogP contribution in [-0.2, 0) is 4.79 Å². The zero-order valence-electron chi connectivity index (χ0n) is 22.9. The third-order valence-electron chi connectivity index (χ3n) is 8.13. The van der Waals surface area contributed by atoms with Crippen LogP contribution in [0.4, 0.5) is 10.1 Å². The van der Waals surface area contributed by atoms with E-state index < -0.39 is 5.54 Å². The van der Waals surface area contributed by atoms with Crippen LogP contribution < -0.4 is 4.90 Å². The van der Waals surface area contributed by atoms with Crippen molar-refractivity contribution < 1.29 is 14.0 Å². The number of carbonyl (C=O) groups excluding carboxylic acids is 2. The molecule has 6 rings (SSSR count). The topological polar surface area (TPSA) is 84.2 Å². The standard InChI is InChI=1S/C31H31FN6O2/c1-20-4-8-25(9-5-20)38-27(29-22(3)34-21(2)19-33-29)18-26(35-38)30(40)36-16-13-31(14-17-36)28(39)12-15-37(31)24-10-6-23(32)7-11-24/h4-11,18-19H,12-17H2,1-3H3. The fourth-order valence-corrected chi connectivity index (χ4v) is 5.98. The average molecular weight is 539 g/mol. The van der Waals surface area contributed by atoms with E-state index in [9.17, 15) is 14.0 Å². The van der Waals surface area contributed by atoms with Crippen molar-refractivity contribution in [3.8, 4) is 17.1 Å². The second-order valence-corrected chi connectivity index (χ2v) is 10.7. The fourth-order valence-electron chi connectivity index (χ4n) is 5.98. The minimum absolute atomic E-state index is 0.182. The molecule has 204 valence electrons. The number of rotatable bonds is 4. The molecule has 0 unspecified atom stereocenters. The van der Waals surface area contributed by atoms with Crippen LogP contribution >= 0.6 is 0 Å². The lowest BCUT2D eigenvalue weighted by atomic mass is 9.83. The molecular formula is C31H31FN6O2. The van der Waals surface area contributed by atoms with E-state index in [1.54, 1.807) is 34.0 Å². The molecule has 2 aliphatic heterocycles. The van der Waals surface area contributed by atoms with E-state index in [1.807, 2.05) is 45.0 Å². The van der Waals surface area contributed by atoms with Crippen LogP contribution in [0.15, 0.2) is 60.8 Å². The zero-order chi connectivity index (χ0) is 28.0. The van der Waals surface area contributed by atoms with Crippen LogP contribution in [0.5, 0.6) is 0 Å². The number of anilines is 1. The molecule has 0 atom stereocenters. The lowest BCUT2D eigenvalue weighted by molar-refractivity contribution is -0.123. The van der Waals surface area contributed by atoms with Crippen molar-refractivity contribution in [1.29, 1.82) is 0 Å². The SMILES string of the molecule is Cc1ccc(-n2nc(C(=O)N3CCC4(CC3)C(=O)CCN4c3ccc(F)cc3)cc2-c2ncc(C)nc2C)cc1. The molecule has 4 heterocycles. The van der Waals surface area contributed by atoms with Crippen LogP contribution in [0, 0.1) is 26.6 Å². The van der Waals surface area contributed by atoms with E-state index in [4.69, 9.17) is 5.10 Å². The van der Waals surface area contributed by atoms with Crippen LogP contribution in [0.25, 0.3) is 17.1 Å². The molecule has 2 aromatic heterocycles. The van der Waals surface area contributed by atoms with Gasteiger partial charge in [0, 0.05) is 37.9 Å². The fraction of sp³-hybridized carbons (Fsp3) is 0.323. The number of aromatic nitrogens is 4. The molecule has 0 bridgehead atoms. The predicted octanol–water partition coefficient (Wildman–Crippen LogP) is 4.85. The molecule has 2 aromatic carbocycles. The molecule has 0 radical (unpaired) electrons. The minimum Gasteiger partial charge on any atom is -0.358 e. The average Bonchev–Trinajstić information content (AvgIpc) is 3.52. The highest BCUT2D eigenvalue weighted by molar-refractivity contribution is 5.97. The number of amides is 1. The predicted molar refractivity (Wildman–Crippen MR) is 150 cm³/mol. The quantitative estimate of drug-likeness (QED) is 0.370. The van der Waals surface area contributed by atoms with Crippen LogP contribution in [-0.4, -0.2) is 61.5 Å². The maximum atomic E-state index is 13.8. The number of nitrogens with zero attached hydrogens (tertiary/aromatic N) is 6. The summed E-state index contributed by atoms with van der Waals surface area (Å²) in [6, 6.07) is 16.0. The highest BCUT2D eigenvalue weighted by atomic mass is 19.1. The van der Waals surface area contributed by atoms with Gasteiger partial charge in [-0.05, 0) is 76.1 Å². The Morgan fingerprint density at radius 1 is 0.925 bits per heavy atom. The van der Waals surface area contributed by atoms with Gasteiger partial charge in [-0.3, -0.25) is 19.6 Å². The first-order valence-corrected chi connectivity index (χ1v) is 13.6. The summed E-state index contributed by atoms with van der Waals surface area (Å²) in [4.78, 5) is 40.0. The number of ketones is 1. The first-order valence-electron chi connectivity index (χ1n) is 13.6. The summed E-state index contributed by atoms with van der Waals surface area (Å²) in [6.07, 6.45) is 3.20. The third-order valence-corrected chi connectivity index (χ3v) is 8.13. The Kier molecular flexibility index (Phi) is 6.44. The normalized spacial score (nSPS) is 16.6. The van der Waals surface area contributed by atoms with Crippen LogP contribution in [0.3, 0.4) is 0 Å². The Balaban J connectivity index is 1.29. The number of Topliss-reactive ketones (excluding diaryl/α,β-unsaturated/α-hetero) is 1. The van der Waals surface area contributed by atoms with Crippen molar-refractivity contribution in [2.45, 2.75) is 45.6 Å². The minimum atomic E-state index is -0.671. The molecule has 40 heavy (non-hydrogen) atoms. The number of benzene rings is 2. The highest BCUT2D eigenvalue weighted by Gasteiger charge is 2.50. The van der Waals surface area contributed by atoms with Crippen molar-refractivity contribution >= 4 is 17.4 Å². The van der Waals surface area contributed by atoms with Crippen LogP contribution in [0.2, 0.25) is 0 Å². The molecule has 1 amide bonds. The smallest absolute Gasteiger partial charge is 0.274 e.